The Morgan fingerprint density at radius 1 is 1.04 bits per heavy atom. The van der Waals surface area contributed by atoms with Gasteiger partial charge >= 0.3 is 0 Å². The molecule has 0 aliphatic rings. The van der Waals surface area contributed by atoms with Crippen LogP contribution in [0.1, 0.15) is 30.0 Å². The third-order valence-corrected chi connectivity index (χ3v) is 5.13. The van der Waals surface area contributed by atoms with E-state index in [0.29, 0.717) is 18.8 Å². The molecule has 0 N–H and O–H groups in total. The van der Waals surface area contributed by atoms with Crippen molar-refractivity contribution in [3.63, 3.8) is 0 Å². The van der Waals surface area contributed by atoms with E-state index in [0.717, 1.165) is 22.0 Å². The Morgan fingerprint density at radius 3 is 2.46 bits per heavy atom. The fourth-order valence-corrected chi connectivity index (χ4v) is 3.61. The summed E-state index contributed by atoms with van der Waals surface area (Å²) in [5, 5.41) is 12.0. The second-order valence-corrected chi connectivity index (χ2v) is 6.62. The first-order chi connectivity index (χ1) is 12.7. The molecule has 0 atom stereocenters. The third-order valence-electron chi connectivity index (χ3n) is 4.06. The van der Waals surface area contributed by atoms with Crippen molar-refractivity contribution in [1.29, 1.82) is 0 Å². The summed E-state index contributed by atoms with van der Waals surface area (Å²) in [6.45, 7) is 5.37. The fraction of sp³-hybridized carbons (Fsp3) is 0.263. The van der Waals surface area contributed by atoms with Crippen LogP contribution in [0.2, 0.25) is 0 Å². The Morgan fingerprint density at radius 2 is 1.73 bits per heavy atom. The number of carbonyl (C=O) groups is 1. The lowest BCUT2D eigenvalue weighted by Crippen LogP contribution is -2.30. The number of tetrazole rings is 1. The van der Waals surface area contributed by atoms with Gasteiger partial charge in [0.2, 0.25) is 0 Å². The van der Waals surface area contributed by atoms with Gasteiger partial charge in [0.1, 0.15) is 0 Å². The van der Waals surface area contributed by atoms with Crippen LogP contribution in [0.15, 0.2) is 59.5 Å². The van der Waals surface area contributed by atoms with E-state index < -0.39 is 0 Å². The summed E-state index contributed by atoms with van der Waals surface area (Å²) in [6.07, 6.45) is 0. The lowest BCUT2D eigenvalue weighted by molar-refractivity contribution is 0.0769. The first kappa shape index (κ1) is 18.1. The number of carbonyl (C=O) groups excluding carboxylic acids is 1. The molecule has 1 aromatic heterocycles. The zero-order valence-electron chi connectivity index (χ0n) is 14.9. The maximum Gasteiger partial charge on any atom is 0.254 e. The molecule has 134 valence electrons. The first-order valence-corrected chi connectivity index (χ1v) is 9.57. The van der Waals surface area contributed by atoms with Crippen molar-refractivity contribution in [2.75, 3.05) is 13.1 Å². The van der Waals surface area contributed by atoms with Gasteiger partial charge in [-0.15, -0.1) is 16.9 Å². The summed E-state index contributed by atoms with van der Waals surface area (Å²) in [5.74, 6) is 1.37. The van der Waals surface area contributed by atoms with Gasteiger partial charge in [0.15, 0.2) is 5.82 Å². The average molecular weight is 367 g/mol. The van der Waals surface area contributed by atoms with Crippen molar-refractivity contribution >= 4 is 17.7 Å². The molecule has 0 unspecified atom stereocenters. The molecule has 0 fully saturated rings. The van der Waals surface area contributed by atoms with Gasteiger partial charge in [-0.2, -0.15) is 4.68 Å². The lowest BCUT2D eigenvalue weighted by Gasteiger charge is -2.20. The summed E-state index contributed by atoms with van der Waals surface area (Å²) < 4.78 is 1.72. The van der Waals surface area contributed by atoms with Gasteiger partial charge in [0.05, 0.1) is 17.0 Å². The summed E-state index contributed by atoms with van der Waals surface area (Å²) in [5.41, 5.74) is 1.64. The number of benzene rings is 2. The van der Waals surface area contributed by atoms with Crippen molar-refractivity contribution < 1.29 is 4.79 Å². The molecule has 0 spiro atoms. The highest BCUT2D eigenvalue weighted by atomic mass is 32.2. The van der Waals surface area contributed by atoms with Crippen LogP contribution in [0.4, 0.5) is 0 Å². The third kappa shape index (κ3) is 3.94. The quantitative estimate of drug-likeness (QED) is 0.599. The van der Waals surface area contributed by atoms with Crippen LogP contribution >= 0.6 is 11.8 Å². The highest BCUT2D eigenvalue weighted by molar-refractivity contribution is 7.98. The van der Waals surface area contributed by atoms with Gasteiger partial charge < -0.3 is 4.90 Å². The number of hydrogen-bond acceptors (Lipinski definition) is 5. The normalized spacial score (nSPS) is 10.7. The highest BCUT2D eigenvalue weighted by Crippen LogP contribution is 2.27. The minimum atomic E-state index is 0.0563. The van der Waals surface area contributed by atoms with E-state index in [-0.39, 0.29) is 5.91 Å². The van der Waals surface area contributed by atoms with Gasteiger partial charge in [-0.3, -0.25) is 4.79 Å². The maximum absolute atomic E-state index is 12.7. The monoisotopic (exact) mass is 367 g/mol. The summed E-state index contributed by atoms with van der Waals surface area (Å²) in [7, 11) is 0. The van der Waals surface area contributed by atoms with Crippen LogP contribution in [0, 0.1) is 0 Å². The van der Waals surface area contributed by atoms with Crippen molar-refractivity contribution in [2.45, 2.75) is 24.5 Å². The number of thioether (sulfide) groups is 1. The average Bonchev–Trinajstić information content (AvgIpc) is 3.17. The maximum atomic E-state index is 12.7. The lowest BCUT2D eigenvalue weighted by atomic mass is 10.2. The van der Waals surface area contributed by atoms with Crippen LogP contribution < -0.4 is 0 Å². The zero-order chi connectivity index (χ0) is 18.4. The molecule has 2 aromatic carbocycles. The SMILES string of the molecule is CCN(CC)C(=O)c1ccccc1SCc1nnnn1-c1ccccc1. The standard InChI is InChI=1S/C19H21N5OS/c1-3-23(4-2)19(25)16-12-8-9-13-17(16)26-14-18-20-21-22-24(18)15-10-6-5-7-11-15/h5-13H,3-4,14H2,1-2H3. The van der Waals surface area contributed by atoms with E-state index in [2.05, 4.69) is 15.5 Å². The Kier molecular flexibility index (Phi) is 6.01. The largest absolute Gasteiger partial charge is 0.339 e. The molecule has 26 heavy (non-hydrogen) atoms. The zero-order valence-corrected chi connectivity index (χ0v) is 15.7. The molecular formula is C19H21N5OS. The van der Waals surface area contributed by atoms with Crippen LogP contribution in [0.3, 0.4) is 0 Å². The second-order valence-electron chi connectivity index (χ2n) is 5.60. The molecule has 1 heterocycles. The molecule has 6 nitrogen and oxygen atoms in total. The number of nitrogens with zero attached hydrogens (tertiary/aromatic N) is 5. The van der Waals surface area contributed by atoms with E-state index in [1.165, 1.54) is 0 Å². The van der Waals surface area contributed by atoms with E-state index >= 15 is 0 Å². The molecule has 0 saturated carbocycles. The van der Waals surface area contributed by atoms with Crippen LogP contribution in [0.25, 0.3) is 5.69 Å². The van der Waals surface area contributed by atoms with E-state index in [9.17, 15) is 4.79 Å². The van der Waals surface area contributed by atoms with Crippen molar-refractivity contribution in [3.05, 3.63) is 66.0 Å². The molecule has 3 aromatic rings. The Labute approximate surface area is 157 Å². The fourth-order valence-electron chi connectivity index (χ4n) is 2.66. The predicted octanol–water partition coefficient (Wildman–Crippen LogP) is 3.44. The van der Waals surface area contributed by atoms with Crippen LogP contribution in [-0.2, 0) is 5.75 Å². The van der Waals surface area contributed by atoms with Gasteiger partial charge in [-0.1, -0.05) is 30.3 Å². The Balaban J connectivity index is 1.80. The van der Waals surface area contributed by atoms with Gasteiger partial charge in [-0.05, 0) is 48.5 Å². The van der Waals surface area contributed by atoms with Crippen molar-refractivity contribution in [2.24, 2.45) is 0 Å². The summed E-state index contributed by atoms with van der Waals surface area (Å²) in [6, 6.07) is 17.5. The Hall–Kier alpha value is -2.67. The molecule has 3 rings (SSSR count). The van der Waals surface area contributed by atoms with E-state index in [1.807, 2.05) is 73.3 Å². The van der Waals surface area contributed by atoms with E-state index in [1.54, 1.807) is 16.4 Å². The van der Waals surface area contributed by atoms with Crippen LogP contribution in [0.5, 0.6) is 0 Å². The molecule has 0 aliphatic carbocycles. The van der Waals surface area contributed by atoms with E-state index in [4.69, 9.17) is 0 Å². The summed E-state index contributed by atoms with van der Waals surface area (Å²) >= 11 is 1.57. The number of rotatable bonds is 7. The Bertz CT molecular complexity index is 861. The number of hydrogen-bond donors (Lipinski definition) is 0. The van der Waals surface area contributed by atoms with Gasteiger partial charge in [-0.25, -0.2) is 0 Å². The topological polar surface area (TPSA) is 63.9 Å². The predicted molar refractivity (Wildman–Crippen MR) is 102 cm³/mol. The van der Waals surface area contributed by atoms with Crippen molar-refractivity contribution in [1.82, 2.24) is 25.1 Å². The van der Waals surface area contributed by atoms with Crippen molar-refractivity contribution in [3.8, 4) is 5.69 Å². The minimum absolute atomic E-state index is 0.0563. The second kappa shape index (κ2) is 8.62. The van der Waals surface area contributed by atoms with Gasteiger partial charge in [0.25, 0.3) is 5.91 Å². The highest BCUT2D eigenvalue weighted by Gasteiger charge is 2.17. The molecule has 1 amide bonds. The molecular weight excluding hydrogens is 346 g/mol. The number of para-hydroxylation sites is 1. The number of aromatic nitrogens is 4. The minimum Gasteiger partial charge on any atom is -0.339 e. The first-order valence-electron chi connectivity index (χ1n) is 8.58. The molecule has 0 saturated heterocycles. The smallest absolute Gasteiger partial charge is 0.254 e. The molecule has 7 heteroatoms. The molecule has 0 bridgehead atoms. The molecule has 0 aliphatic heterocycles. The number of amides is 1. The van der Waals surface area contributed by atoms with Crippen LogP contribution in [-0.4, -0.2) is 44.1 Å². The molecule has 0 radical (unpaired) electrons. The van der Waals surface area contributed by atoms with Gasteiger partial charge in [0, 0.05) is 18.0 Å². The summed E-state index contributed by atoms with van der Waals surface area (Å²) in [4.78, 5) is 15.5.